The molecule has 0 aromatic carbocycles. The SMILES string of the molecule is ClCC1(NCCn2cccn2)CCCCC1. The third-order valence-electron chi connectivity index (χ3n) is 3.47. The van der Waals surface area contributed by atoms with Crippen molar-refractivity contribution >= 4 is 11.6 Å². The number of halogens is 1. The first-order valence-corrected chi connectivity index (χ1v) is 6.67. The molecule has 0 atom stereocenters. The van der Waals surface area contributed by atoms with Gasteiger partial charge in [0.1, 0.15) is 0 Å². The highest BCUT2D eigenvalue weighted by molar-refractivity contribution is 6.18. The van der Waals surface area contributed by atoms with Crippen LogP contribution in [-0.4, -0.2) is 27.7 Å². The molecule has 1 saturated carbocycles. The van der Waals surface area contributed by atoms with Crippen molar-refractivity contribution in [1.29, 1.82) is 0 Å². The van der Waals surface area contributed by atoms with Crippen LogP contribution in [0.15, 0.2) is 18.5 Å². The Morgan fingerprint density at radius 2 is 2.12 bits per heavy atom. The van der Waals surface area contributed by atoms with Gasteiger partial charge in [0.25, 0.3) is 0 Å². The Labute approximate surface area is 102 Å². The monoisotopic (exact) mass is 241 g/mol. The molecule has 1 aliphatic carbocycles. The molecule has 1 fully saturated rings. The Kier molecular flexibility index (Phi) is 4.24. The number of rotatable bonds is 5. The van der Waals surface area contributed by atoms with E-state index in [4.69, 9.17) is 11.6 Å². The third kappa shape index (κ3) is 2.98. The number of nitrogens with one attached hydrogen (secondary N) is 1. The maximum Gasteiger partial charge on any atom is 0.0534 e. The molecule has 1 N–H and O–H groups in total. The van der Waals surface area contributed by atoms with Crippen LogP contribution in [0.2, 0.25) is 0 Å². The van der Waals surface area contributed by atoms with Gasteiger partial charge in [-0.25, -0.2) is 0 Å². The molecule has 2 rings (SSSR count). The number of nitrogens with zero attached hydrogens (tertiary/aromatic N) is 2. The van der Waals surface area contributed by atoms with E-state index in [-0.39, 0.29) is 5.54 Å². The van der Waals surface area contributed by atoms with Gasteiger partial charge >= 0.3 is 0 Å². The van der Waals surface area contributed by atoms with Gasteiger partial charge in [0.15, 0.2) is 0 Å². The van der Waals surface area contributed by atoms with Gasteiger partial charge in [0.05, 0.1) is 6.54 Å². The molecule has 1 heterocycles. The second-order valence-electron chi connectivity index (χ2n) is 4.67. The van der Waals surface area contributed by atoms with E-state index < -0.39 is 0 Å². The molecule has 3 nitrogen and oxygen atoms in total. The second-order valence-corrected chi connectivity index (χ2v) is 4.94. The standard InChI is InChI=1S/C12H20ClN3/c13-11-12(5-2-1-3-6-12)14-8-10-16-9-4-7-15-16/h4,7,9,14H,1-3,5-6,8,10-11H2. The van der Waals surface area contributed by atoms with Gasteiger partial charge in [-0.05, 0) is 18.9 Å². The molecule has 0 unspecified atom stereocenters. The number of aromatic nitrogens is 2. The molecule has 0 radical (unpaired) electrons. The van der Waals surface area contributed by atoms with E-state index in [1.165, 1.54) is 32.1 Å². The fourth-order valence-corrected chi connectivity index (χ4v) is 2.82. The topological polar surface area (TPSA) is 29.9 Å². The normalized spacial score (nSPS) is 19.8. The Morgan fingerprint density at radius 1 is 1.31 bits per heavy atom. The molecule has 90 valence electrons. The maximum absolute atomic E-state index is 6.11. The Balaban J connectivity index is 1.78. The summed E-state index contributed by atoms with van der Waals surface area (Å²) in [5, 5.41) is 7.82. The van der Waals surface area contributed by atoms with Crippen LogP contribution in [0.1, 0.15) is 32.1 Å². The van der Waals surface area contributed by atoms with Crippen LogP contribution in [0.5, 0.6) is 0 Å². The van der Waals surface area contributed by atoms with Crippen molar-refractivity contribution < 1.29 is 0 Å². The zero-order valence-electron chi connectivity index (χ0n) is 9.66. The van der Waals surface area contributed by atoms with Crippen molar-refractivity contribution in [2.75, 3.05) is 12.4 Å². The Hall–Kier alpha value is -0.540. The van der Waals surface area contributed by atoms with Gasteiger partial charge in [-0.1, -0.05) is 19.3 Å². The highest BCUT2D eigenvalue weighted by Gasteiger charge is 2.30. The average Bonchev–Trinajstić information content (AvgIpc) is 2.83. The number of hydrogen-bond donors (Lipinski definition) is 1. The third-order valence-corrected chi connectivity index (χ3v) is 3.98. The van der Waals surface area contributed by atoms with E-state index >= 15 is 0 Å². The van der Waals surface area contributed by atoms with Crippen LogP contribution < -0.4 is 5.32 Å². The van der Waals surface area contributed by atoms with E-state index in [9.17, 15) is 0 Å². The molecule has 4 heteroatoms. The minimum atomic E-state index is 0.187. The van der Waals surface area contributed by atoms with Crippen molar-refractivity contribution in [1.82, 2.24) is 15.1 Å². The van der Waals surface area contributed by atoms with E-state index in [2.05, 4.69) is 10.4 Å². The molecule has 0 aliphatic heterocycles. The lowest BCUT2D eigenvalue weighted by Gasteiger charge is -2.36. The molecule has 0 saturated heterocycles. The first-order valence-electron chi connectivity index (χ1n) is 6.13. The summed E-state index contributed by atoms with van der Waals surface area (Å²) in [6.07, 6.45) is 10.2. The largest absolute Gasteiger partial charge is 0.308 e. The highest BCUT2D eigenvalue weighted by Crippen LogP contribution is 2.29. The van der Waals surface area contributed by atoms with Crippen molar-refractivity contribution in [2.24, 2.45) is 0 Å². The van der Waals surface area contributed by atoms with Crippen LogP contribution in [0, 0.1) is 0 Å². The molecular weight excluding hydrogens is 222 g/mol. The minimum Gasteiger partial charge on any atom is -0.308 e. The van der Waals surface area contributed by atoms with Crippen LogP contribution in [0.3, 0.4) is 0 Å². The first kappa shape index (κ1) is 11.9. The lowest BCUT2D eigenvalue weighted by Crippen LogP contribution is -2.49. The molecule has 0 bridgehead atoms. The maximum atomic E-state index is 6.11. The quantitative estimate of drug-likeness (QED) is 0.803. The van der Waals surface area contributed by atoms with Crippen LogP contribution in [-0.2, 0) is 6.54 Å². The van der Waals surface area contributed by atoms with Crippen molar-refractivity contribution in [3.8, 4) is 0 Å². The summed E-state index contributed by atoms with van der Waals surface area (Å²) in [5.74, 6) is 0.728. The van der Waals surface area contributed by atoms with E-state index in [1.54, 1.807) is 0 Å². The summed E-state index contributed by atoms with van der Waals surface area (Å²) < 4.78 is 1.96. The zero-order valence-corrected chi connectivity index (χ0v) is 10.4. The highest BCUT2D eigenvalue weighted by atomic mass is 35.5. The van der Waals surface area contributed by atoms with E-state index in [1.807, 2.05) is 23.1 Å². The molecule has 1 aromatic rings. The van der Waals surface area contributed by atoms with Crippen molar-refractivity contribution in [2.45, 2.75) is 44.2 Å². The first-order chi connectivity index (χ1) is 7.85. The van der Waals surface area contributed by atoms with Gasteiger partial charge in [-0.2, -0.15) is 5.10 Å². The Morgan fingerprint density at radius 3 is 2.75 bits per heavy atom. The molecule has 0 amide bonds. The summed E-state index contributed by atoms with van der Waals surface area (Å²) in [5.41, 5.74) is 0.187. The van der Waals surface area contributed by atoms with Gasteiger partial charge in [0, 0.05) is 30.4 Å². The summed E-state index contributed by atoms with van der Waals surface area (Å²) >= 11 is 6.11. The molecule has 16 heavy (non-hydrogen) atoms. The van der Waals surface area contributed by atoms with Gasteiger partial charge < -0.3 is 5.32 Å². The number of hydrogen-bond acceptors (Lipinski definition) is 2. The van der Waals surface area contributed by atoms with Crippen LogP contribution >= 0.6 is 11.6 Å². The summed E-state index contributed by atoms with van der Waals surface area (Å²) in [6, 6.07) is 1.96. The van der Waals surface area contributed by atoms with Crippen molar-refractivity contribution in [3.05, 3.63) is 18.5 Å². The Bertz CT molecular complexity index is 291. The molecule has 0 spiro atoms. The molecule has 1 aromatic heterocycles. The molecule has 1 aliphatic rings. The fourth-order valence-electron chi connectivity index (χ4n) is 2.45. The number of alkyl halides is 1. The smallest absolute Gasteiger partial charge is 0.0534 e. The minimum absolute atomic E-state index is 0.187. The van der Waals surface area contributed by atoms with Gasteiger partial charge in [-0.15, -0.1) is 11.6 Å². The molecular formula is C12H20ClN3. The lowest BCUT2D eigenvalue weighted by molar-refractivity contribution is 0.254. The van der Waals surface area contributed by atoms with Crippen molar-refractivity contribution in [3.63, 3.8) is 0 Å². The van der Waals surface area contributed by atoms with E-state index in [0.29, 0.717) is 0 Å². The predicted octanol–water partition coefficient (Wildman–Crippen LogP) is 2.41. The van der Waals surface area contributed by atoms with Crippen LogP contribution in [0.4, 0.5) is 0 Å². The van der Waals surface area contributed by atoms with E-state index in [0.717, 1.165) is 19.0 Å². The zero-order chi connectivity index (χ0) is 11.3. The lowest BCUT2D eigenvalue weighted by atomic mass is 9.83. The van der Waals surface area contributed by atoms with Gasteiger partial charge in [-0.3, -0.25) is 4.68 Å². The predicted molar refractivity (Wildman–Crippen MR) is 66.8 cm³/mol. The summed E-state index contributed by atoms with van der Waals surface area (Å²) in [6.45, 7) is 1.88. The van der Waals surface area contributed by atoms with Gasteiger partial charge in [0.2, 0.25) is 0 Å². The second kappa shape index (κ2) is 5.69. The average molecular weight is 242 g/mol. The van der Waals surface area contributed by atoms with Crippen LogP contribution in [0.25, 0.3) is 0 Å². The summed E-state index contributed by atoms with van der Waals surface area (Å²) in [4.78, 5) is 0. The fraction of sp³-hybridized carbons (Fsp3) is 0.750. The summed E-state index contributed by atoms with van der Waals surface area (Å²) in [7, 11) is 0.